The van der Waals surface area contributed by atoms with Gasteiger partial charge in [-0.1, -0.05) is 64.0 Å². The fraction of sp³-hybridized carbons (Fsp3) is 0.500. The van der Waals surface area contributed by atoms with Crippen LogP contribution in [0.5, 0.6) is 0 Å². The number of allylic oxidation sites excluding steroid dienone is 2. The smallest absolute Gasteiger partial charge is 0.0198 e. The highest BCUT2D eigenvalue weighted by Gasteiger charge is 2.05. The molecule has 0 spiro atoms. The Morgan fingerprint density at radius 2 is 1.94 bits per heavy atom. The van der Waals surface area contributed by atoms with Gasteiger partial charge in [0.15, 0.2) is 0 Å². The van der Waals surface area contributed by atoms with E-state index in [-0.39, 0.29) is 0 Å². The molecule has 1 rings (SSSR count). The van der Waals surface area contributed by atoms with E-state index in [0.29, 0.717) is 5.92 Å². The predicted molar refractivity (Wildman–Crippen MR) is 73.5 cm³/mol. The van der Waals surface area contributed by atoms with Crippen molar-refractivity contribution in [1.29, 1.82) is 0 Å². The molecule has 0 radical (unpaired) electrons. The van der Waals surface area contributed by atoms with Crippen molar-refractivity contribution < 1.29 is 0 Å². The fourth-order valence-corrected chi connectivity index (χ4v) is 1.97. The van der Waals surface area contributed by atoms with E-state index < -0.39 is 0 Å². The van der Waals surface area contributed by atoms with Crippen LogP contribution in [0.15, 0.2) is 30.3 Å². The van der Waals surface area contributed by atoms with Crippen molar-refractivity contribution in [1.82, 2.24) is 0 Å². The van der Waals surface area contributed by atoms with Gasteiger partial charge >= 0.3 is 0 Å². The first kappa shape index (κ1) is 13.0. The zero-order chi connectivity index (χ0) is 12.0. The number of rotatable bonds is 5. The van der Waals surface area contributed by atoms with Gasteiger partial charge in [-0.05, 0) is 36.0 Å². The normalized spacial score (nSPS) is 13.9. The third kappa shape index (κ3) is 3.52. The highest BCUT2D eigenvalue weighted by Crippen LogP contribution is 2.25. The Hall–Kier alpha value is -1.04. The molecule has 0 saturated carbocycles. The number of aryl methyl sites for hydroxylation is 1. The lowest BCUT2D eigenvalue weighted by Crippen LogP contribution is -1.93. The Kier molecular flexibility index (Phi) is 5.31. The summed E-state index contributed by atoms with van der Waals surface area (Å²) in [5.41, 5.74) is 4.35. The van der Waals surface area contributed by atoms with Crippen molar-refractivity contribution in [2.45, 2.75) is 47.0 Å². The molecule has 0 saturated heterocycles. The van der Waals surface area contributed by atoms with Crippen molar-refractivity contribution >= 4 is 5.57 Å². The van der Waals surface area contributed by atoms with E-state index in [1.807, 2.05) is 0 Å². The SMILES string of the molecule is CCC/C(=C/C(C)CC)c1ccccc1C. The van der Waals surface area contributed by atoms with E-state index in [1.54, 1.807) is 0 Å². The van der Waals surface area contributed by atoms with Gasteiger partial charge in [0.05, 0.1) is 0 Å². The largest absolute Gasteiger partial charge is 0.0779 e. The van der Waals surface area contributed by atoms with Gasteiger partial charge in [-0.2, -0.15) is 0 Å². The first-order valence-corrected chi connectivity index (χ1v) is 6.45. The Balaban J connectivity index is 3.02. The average molecular weight is 216 g/mol. The van der Waals surface area contributed by atoms with Crippen molar-refractivity contribution in [2.24, 2.45) is 5.92 Å². The summed E-state index contributed by atoms with van der Waals surface area (Å²) in [5.74, 6) is 0.682. The van der Waals surface area contributed by atoms with E-state index in [0.717, 1.165) is 0 Å². The zero-order valence-electron chi connectivity index (χ0n) is 11.1. The molecule has 1 unspecified atom stereocenters. The molecule has 0 aliphatic heterocycles. The van der Waals surface area contributed by atoms with Crippen LogP contribution in [0.25, 0.3) is 5.57 Å². The lowest BCUT2D eigenvalue weighted by Gasteiger charge is -2.12. The summed E-state index contributed by atoms with van der Waals surface area (Å²) >= 11 is 0. The van der Waals surface area contributed by atoms with E-state index in [9.17, 15) is 0 Å². The number of hydrogen-bond acceptors (Lipinski definition) is 0. The Morgan fingerprint density at radius 3 is 2.50 bits per heavy atom. The molecule has 1 atom stereocenters. The molecule has 0 amide bonds. The van der Waals surface area contributed by atoms with Crippen LogP contribution in [-0.2, 0) is 0 Å². The molecular formula is C16H24. The molecule has 0 heterocycles. The average Bonchev–Trinajstić information content (AvgIpc) is 2.29. The minimum absolute atomic E-state index is 0.682. The summed E-state index contributed by atoms with van der Waals surface area (Å²) in [6.07, 6.45) is 6.08. The molecule has 0 nitrogen and oxygen atoms in total. The third-order valence-corrected chi connectivity index (χ3v) is 3.14. The van der Waals surface area contributed by atoms with Crippen LogP contribution in [0.2, 0.25) is 0 Å². The van der Waals surface area contributed by atoms with Gasteiger partial charge in [-0.3, -0.25) is 0 Å². The molecule has 0 bridgehead atoms. The van der Waals surface area contributed by atoms with Gasteiger partial charge in [0, 0.05) is 0 Å². The van der Waals surface area contributed by atoms with Crippen molar-refractivity contribution in [3.05, 3.63) is 41.5 Å². The summed E-state index contributed by atoms with van der Waals surface area (Å²) in [4.78, 5) is 0. The monoisotopic (exact) mass is 216 g/mol. The van der Waals surface area contributed by atoms with Gasteiger partial charge in [0.1, 0.15) is 0 Å². The van der Waals surface area contributed by atoms with E-state index in [2.05, 4.69) is 58.0 Å². The highest BCUT2D eigenvalue weighted by atomic mass is 14.1. The Bertz CT molecular complexity index is 347. The third-order valence-electron chi connectivity index (χ3n) is 3.14. The molecule has 0 aliphatic carbocycles. The van der Waals surface area contributed by atoms with Crippen LogP contribution in [0.3, 0.4) is 0 Å². The molecular weight excluding hydrogens is 192 g/mol. The zero-order valence-corrected chi connectivity index (χ0v) is 11.1. The quantitative estimate of drug-likeness (QED) is 0.632. The Morgan fingerprint density at radius 1 is 1.25 bits per heavy atom. The second-order valence-corrected chi connectivity index (χ2v) is 4.64. The molecule has 0 aliphatic rings. The minimum atomic E-state index is 0.682. The van der Waals surface area contributed by atoms with E-state index >= 15 is 0 Å². The maximum atomic E-state index is 2.45. The predicted octanol–water partition coefficient (Wildman–Crippen LogP) is 5.22. The lowest BCUT2D eigenvalue weighted by atomic mass is 9.93. The molecule has 16 heavy (non-hydrogen) atoms. The van der Waals surface area contributed by atoms with Crippen LogP contribution in [-0.4, -0.2) is 0 Å². The van der Waals surface area contributed by atoms with Crippen molar-refractivity contribution in [3.8, 4) is 0 Å². The van der Waals surface area contributed by atoms with Crippen LogP contribution in [0.4, 0.5) is 0 Å². The summed E-state index contributed by atoms with van der Waals surface area (Å²) in [6, 6.07) is 8.71. The minimum Gasteiger partial charge on any atom is -0.0779 e. The van der Waals surface area contributed by atoms with Crippen LogP contribution in [0, 0.1) is 12.8 Å². The summed E-state index contributed by atoms with van der Waals surface area (Å²) in [7, 11) is 0. The molecule has 1 aromatic rings. The Labute approximate surface area is 100 Å². The standard InChI is InChI=1S/C16H24/c1-5-9-15(12-13(3)6-2)16-11-8-7-10-14(16)4/h7-8,10-13H,5-6,9H2,1-4H3/b15-12-. The van der Waals surface area contributed by atoms with E-state index in [4.69, 9.17) is 0 Å². The van der Waals surface area contributed by atoms with Gasteiger partial charge in [0.25, 0.3) is 0 Å². The van der Waals surface area contributed by atoms with Crippen LogP contribution in [0.1, 0.15) is 51.2 Å². The summed E-state index contributed by atoms with van der Waals surface area (Å²) in [5, 5.41) is 0. The molecule has 0 N–H and O–H groups in total. The van der Waals surface area contributed by atoms with Crippen LogP contribution < -0.4 is 0 Å². The molecule has 88 valence electrons. The van der Waals surface area contributed by atoms with Gasteiger partial charge in [-0.15, -0.1) is 0 Å². The lowest BCUT2D eigenvalue weighted by molar-refractivity contribution is 0.697. The second-order valence-electron chi connectivity index (χ2n) is 4.64. The molecule has 0 fully saturated rings. The van der Waals surface area contributed by atoms with E-state index in [1.165, 1.54) is 36.0 Å². The van der Waals surface area contributed by atoms with Crippen molar-refractivity contribution in [2.75, 3.05) is 0 Å². The van der Waals surface area contributed by atoms with Crippen LogP contribution >= 0.6 is 0 Å². The maximum absolute atomic E-state index is 2.45. The first-order valence-electron chi connectivity index (χ1n) is 6.45. The highest BCUT2D eigenvalue weighted by molar-refractivity contribution is 5.68. The fourth-order valence-electron chi connectivity index (χ4n) is 1.97. The van der Waals surface area contributed by atoms with Gasteiger partial charge in [-0.25, -0.2) is 0 Å². The maximum Gasteiger partial charge on any atom is -0.0198 e. The summed E-state index contributed by atoms with van der Waals surface area (Å²) in [6.45, 7) is 9.01. The number of benzene rings is 1. The molecule has 0 aromatic heterocycles. The van der Waals surface area contributed by atoms with Crippen molar-refractivity contribution in [3.63, 3.8) is 0 Å². The first-order chi connectivity index (χ1) is 7.69. The topological polar surface area (TPSA) is 0 Å². The summed E-state index contributed by atoms with van der Waals surface area (Å²) < 4.78 is 0. The number of hydrogen-bond donors (Lipinski definition) is 0. The molecule has 1 aromatic carbocycles. The van der Waals surface area contributed by atoms with Gasteiger partial charge < -0.3 is 0 Å². The van der Waals surface area contributed by atoms with Gasteiger partial charge in [0.2, 0.25) is 0 Å². The molecule has 0 heteroatoms. The second kappa shape index (κ2) is 6.52.